The highest BCUT2D eigenvalue weighted by atomic mass is 16.4. The van der Waals surface area contributed by atoms with E-state index in [1.807, 2.05) is 59.3 Å². The van der Waals surface area contributed by atoms with Gasteiger partial charge in [-0.25, -0.2) is 14.5 Å². The van der Waals surface area contributed by atoms with Crippen molar-refractivity contribution in [3.63, 3.8) is 0 Å². The molecule has 0 saturated heterocycles. The molecule has 5 rings (SSSR count). The molecule has 150 valence electrons. The van der Waals surface area contributed by atoms with Gasteiger partial charge in [0.15, 0.2) is 0 Å². The number of carboxylic acid groups (broad SMARTS) is 1. The van der Waals surface area contributed by atoms with Crippen molar-refractivity contribution in [3.05, 3.63) is 132 Å². The van der Waals surface area contributed by atoms with Crippen molar-refractivity contribution < 1.29 is 9.90 Å². The van der Waals surface area contributed by atoms with E-state index in [0.29, 0.717) is 0 Å². The van der Waals surface area contributed by atoms with Crippen molar-refractivity contribution in [2.24, 2.45) is 0 Å². The monoisotopic (exact) mass is 405 g/mol. The summed E-state index contributed by atoms with van der Waals surface area (Å²) < 4.78 is 1.95. The van der Waals surface area contributed by atoms with E-state index in [4.69, 9.17) is 5.10 Å². The summed E-state index contributed by atoms with van der Waals surface area (Å²) in [6.07, 6.45) is 3.29. The van der Waals surface area contributed by atoms with Crippen LogP contribution in [-0.2, 0) is 5.54 Å². The second-order valence-corrected chi connectivity index (χ2v) is 7.30. The predicted molar refractivity (Wildman–Crippen MR) is 119 cm³/mol. The number of benzene rings is 3. The molecule has 3 aromatic carbocycles. The molecule has 0 fully saturated rings. The van der Waals surface area contributed by atoms with Crippen molar-refractivity contribution in [1.29, 1.82) is 0 Å². The molecule has 0 bridgehead atoms. The van der Waals surface area contributed by atoms with E-state index in [1.54, 1.807) is 18.5 Å². The Hall–Kier alpha value is -4.25. The van der Waals surface area contributed by atoms with Crippen LogP contribution in [0.1, 0.15) is 27.2 Å². The van der Waals surface area contributed by atoms with E-state index in [-0.39, 0.29) is 5.69 Å². The second-order valence-electron chi connectivity index (χ2n) is 7.30. The van der Waals surface area contributed by atoms with Crippen molar-refractivity contribution in [2.75, 3.05) is 0 Å². The van der Waals surface area contributed by atoms with Crippen LogP contribution in [0.25, 0.3) is 10.9 Å². The Morgan fingerprint density at radius 2 is 1.23 bits per heavy atom. The van der Waals surface area contributed by atoms with Gasteiger partial charge in [-0.2, -0.15) is 5.10 Å². The Morgan fingerprint density at radius 1 is 0.742 bits per heavy atom. The van der Waals surface area contributed by atoms with Gasteiger partial charge in [-0.1, -0.05) is 91.0 Å². The summed E-state index contributed by atoms with van der Waals surface area (Å²) in [4.78, 5) is 15.6. The van der Waals surface area contributed by atoms with Gasteiger partial charge in [0.2, 0.25) is 0 Å². The van der Waals surface area contributed by atoms with Gasteiger partial charge in [0.25, 0.3) is 0 Å². The van der Waals surface area contributed by atoms with Gasteiger partial charge in [-0.05, 0) is 22.8 Å². The summed E-state index contributed by atoms with van der Waals surface area (Å²) in [5, 5.41) is 14.9. The highest BCUT2D eigenvalue weighted by Gasteiger charge is 2.40. The normalized spacial score (nSPS) is 11.5. The minimum Gasteiger partial charge on any atom is -0.477 e. The predicted octanol–water partition coefficient (Wildman–Crippen LogP) is 4.97. The van der Waals surface area contributed by atoms with E-state index >= 15 is 0 Å². The van der Waals surface area contributed by atoms with Gasteiger partial charge in [0.05, 0.1) is 17.9 Å². The summed E-state index contributed by atoms with van der Waals surface area (Å²) in [5.41, 5.74) is 3.11. The van der Waals surface area contributed by atoms with E-state index in [2.05, 4.69) is 41.4 Å². The average molecular weight is 405 g/mol. The fraction of sp³-hybridized carbons (Fsp3) is 0.0385. The minimum atomic E-state index is -1.06. The van der Waals surface area contributed by atoms with Crippen LogP contribution in [0.2, 0.25) is 0 Å². The first kappa shape index (κ1) is 18.8. The molecule has 2 heterocycles. The fourth-order valence-electron chi connectivity index (χ4n) is 4.22. The zero-order valence-electron chi connectivity index (χ0n) is 16.6. The third kappa shape index (κ3) is 2.99. The number of rotatable bonds is 5. The quantitative estimate of drug-likeness (QED) is 0.419. The molecule has 5 heteroatoms. The van der Waals surface area contributed by atoms with E-state index < -0.39 is 11.5 Å². The van der Waals surface area contributed by atoms with Crippen molar-refractivity contribution >= 4 is 16.9 Å². The molecule has 0 aliphatic carbocycles. The number of fused-ring (bicyclic) bond motifs is 1. The molecule has 0 aliphatic rings. The highest BCUT2D eigenvalue weighted by molar-refractivity contribution is 5.91. The number of carboxylic acids is 1. The van der Waals surface area contributed by atoms with Gasteiger partial charge in [0.1, 0.15) is 11.2 Å². The number of hydrogen-bond donors (Lipinski definition) is 1. The lowest BCUT2D eigenvalue weighted by atomic mass is 9.77. The number of aromatic carboxylic acids is 1. The minimum absolute atomic E-state index is 0.00298. The van der Waals surface area contributed by atoms with E-state index in [1.165, 1.54) is 0 Å². The van der Waals surface area contributed by atoms with E-state index in [9.17, 15) is 9.90 Å². The van der Waals surface area contributed by atoms with Gasteiger partial charge in [0, 0.05) is 5.39 Å². The zero-order valence-corrected chi connectivity index (χ0v) is 16.6. The van der Waals surface area contributed by atoms with E-state index in [0.717, 1.165) is 27.6 Å². The third-order valence-electron chi connectivity index (χ3n) is 5.57. The Bertz CT molecular complexity index is 1250. The SMILES string of the molecule is O=C(O)c1cc2cnn(C(c3ccccc3)(c3ccccc3)c3ccccc3)c2cn1. The molecule has 0 saturated carbocycles. The molecular formula is C26H19N3O2. The first-order chi connectivity index (χ1) is 15.2. The fourth-order valence-corrected chi connectivity index (χ4v) is 4.22. The van der Waals surface area contributed by atoms with Gasteiger partial charge in [-0.3, -0.25) is 0 Å². The lowest BCUT2D eigenvalue weighted by molar-refractivity contribution is 0.0690. The standard InChI is InChI=1S/C26H19N3O2/c30-25(31)23-16-19-17-28-29(24(19)18-27-23)26(20-10-4-1-5-11-20,21-12-6-2-7-13-21)22-14-8-3-9-15-22/h1-18H,(H,30,31). The molecule has 5 nitrogen and oxygen atoms in total. The van der Waals surface area contributed by atoms with Crippen LogP contribution in [-0.4, -0.2) is 25.8 Å². The maximum Gasteiger partial charge on any atom is 0.354 e. The lowest BCUT2D eigenvalue weighted by Crippen LogP contribution is -2.38. The molecule has 2 aromatic heterocycles. The second kappa shape index (κ2) is 7.54. The van der Waals surface area contributed by atoms with Crippen LogP contribution < -0.4 is 0 Å². The molecule has 0 radical (unpaired) electrons. The topological polar surface area (TPSA) is 68.0 Å². The Balaban J connectivity index is 1.92. The molecule has 0 spiro atoms. The van der Waals surface area contributed by atoms with Crippen LogP contribution in [0.3, 0.4) is 0 Å². The Labute approximate surface area is 179 Å². The molecule has 0 unspecified atom stereocenters. The molecule has 0 aliphatic heterocycles. The van der Waals surface area contributed by atoms with Crippen LogP contribution in [0.4, 0.5) is 0 Å². The van der Waals surface area contributed by atoms with Crippen LogP contribution in [0, 0.1) is 0 Å². The van der Waals surface area contributed by atoms with Crippen molar-refractivity contribution in [1.82, 2.24) is 14.8 Å². The van der Waals surface area contributed by atoms with Crippen molar-refractivity contribution in [3.8, 4) is 0 Å². The number of pyridine rings is 1. The third-order valence-corrected chi connectivity index (χ3v) is 5.57. The summed E-state index contributed by atoms with van der Waals surface area (Å²) in [6, 6.07) is 32.2. The Morgan fingerprint density at radius 3 is 1.68 bits per heavy atom. The number of nitrogens with zero attached hydrogens (tertiary/aromatic N) is 3. The lowest BCUT2D eigenvalue weighted by Gasteiger charge is -2.36. The first-order valence-corrected chi connectivity index (χ1v) is 9.95. The average Bonchev–Trinajstić information content (AvgIpc) is 3.25. The highest BCUT2D eigenvalue weighted by Crippen LogP contribution is 2.41. The van der Waals surface area contributed by atoms with Crippen molar-refractivity contribution in [2.45, 2.75) is 5.54 Å². The molecule has 0 amide bonds. The maximum atomic E-state index is 11.4. The molecule has 1 N–H and O–H groups in total. The maximum absolute atomic E-state index is 11.4. The molecular weight excluding hydrogens is 386 g/mol. The number of carbonyl (C=O) groups is 1. The summed E-state index contributed by atoms with van der Waals surface area (Å²) in [7, 11) is 0. The molecule has 5 aromatic rings. The number of hydrogen-bond acceptors (Lipinski definition) is 3. The molecule has 31 heavy (non-hydrogen) atoms. The molecule has 0 atom stereocenters. The largest absolute Gasteiger partial charge is 0.477 e. The smallest absolute Gasteiger partial charge is 0.354 e. The summed E-state index contributed by atoms with van der Waals surface area (Å²) >= 11 is 0. The zero-order chi connectivity index (χ0) is 21.3. The summed E-state index contributed by atoms with van der Waals surface area (Å²) in [6.45, 7) is 0. The van der Waals surface area contributed by atoms with Crippen LogP contribution in [0.5, 0.6) is 0 Å². The first-order valence-electron chi connectivity index (χ1n) is 9.95. The Kier molecular flexibility index (Phi) is 4.56. The van der Waals surface area contributed by atoms with Crippen LogP contribution >= 0.6 is 0 Å². The van der Waals surface area contributed by atoms with Gasteiger partial charge >= 0.3 is 5.97 Å². The van der Waals surface area contributed by atoms with Gasteiger partial charge in [-0.15, -0.1) is 0 Å². The number of aromatic nitrogens is 3. The van der Waals surface area contributed by atoms with Crippen LogP contribution in [0.15, 0.2) is 109 Å². The summed E-state index contributed by atoms with van der Waals surface area (Å²) in [5.74, 6) is -1.06. The van der Waals surface area contributed by atoms with Gasteiger partial charge < -0.3 is 5.11 Å².